The van der Waals surface area contributed by atoms with Gasteiger partial charge in [-0.05, 0) is 42.7 Å². The van der Waals surface area contributed by atoms with E-state index in [9.17, 15) is 8.42 Å². The molecule has 0 aromatic heterocycles. The normalized spacial score (nSPS) is 11.3. The number of benzene rings is 2. The first-order valence-corrected chi connectivity index (χ1v) is 8.28. The van der Waals surface area contributed by atoms with Crippen LogP contribution in [0.3, 0.4) is 0 Å². The van der Waals surface area contributed by atoms with Crippen molar-refractivity contribution in [3.63, 3.8) is 0 Å². The number of hydrogen-bond acceptors (Lipinski definition) is 3. The van der Waals surface area contributed by atoms with E-state index in [1.807, 2.05) is 24.3 Å². The van der Waals surface area contributed by atoms with Gasteiger partial charge in [0, 0.05) is 6.54 Å². The van der Waals surface area contributed by atoms with Crippen LogP contribution in [0.5, 0.6) is 5.75 Å². The fourth-order valence-corrected chi connectivity index (χ4v) is 3.07. The van der Waals surface area contributed by atoms with E-state index in [0.717, 1.165) is 24.2 Å². The number of aryl methyl sites for hydroxylation is 1. The number of sulfonamides is 1. The van der Waals surface area contributed by atoms with Crippen molar-refractivity contribution in [3.05, 3.63) is 60.2 Å². The van der Waals surface area contributed by atoms with Gasteiger partial charge in [-0.15, -0.1) is 0 Å². The molecule has 0 atom stereocenters. The van der Waals surface area contributed by atoms with Gasteiger partial charge in [0.2, 0.25) is 10.0 Å². The van der Waals surface area contributed by atoms with Crippen LogP contribution >= 0.6 is 0 Å². The molecule has 0 saturated heterocycles. The first-order chi connectivity index (χ1) is 10.1. The molecule has 112 valence electrons. The molecule has 2 rings (SSSR count). The molecule has 0 aliphatic carbocycles. The minimum atomic E-state index is -3.40. The van der Waals surface area contributed by atoms with Gasteiger partial charge in [0.05, 0.1) is 12.0 Å². The number of rotatable bonds is 7. The summed E-state index contributed by atoms with van der Waals surface area (Å²) in [6.45, 7) is 0.420. The Kier molecular flexibility index (Phi) is 5.36. The predicted octanol–water partition coefficient (Wildman–Crippen LogP) is 2.61. The Bertz CT molecular complexity index is 652. The van der Waals surface area contributed by atoms with Crippen molar-refractivity contribution in [1.29, 1.82) is 0 Å². The number of ether oxygens (including phenoxy) is 1. The van der Waals surface area contributed by atoms with E-state index in [4.69, 9.17) is 4.74 Å². The SMILES string of the molecule is COc1ccc(CCCNS(=O)(=O)c2ccccc2)cc1. The molecule has 0 fully saturated rings. The van der Waals surface area contributed by atoms with Crippen LogP contribution in [0.1, 0.15) is 12.0 Å². The van der Waals surface area contributed by atoms with Gasteiger partial charge in [-0.25, -0.2) is 13.1 Å². The Hall–Kier alpha value is -1.85. The fourth-order valence-electron chi connectivity index (χ4n) is 1.97. The molecular formula is C16H19NO3S. The Morgan fingerprint density at radius 2 is 1.67 bits per heavy atom. The van der Waals surface area contributed by atoms with Crippen molar-refractivity contribution in [2.75, 3.05) is 13.7 Å². The molecule has 0 bridgehead atoms. The summed E-state index contributed by atoms with van der Waals surface area (Å²) in [6, 6.07) is 16.2. The first-order valence-electron chi connectivity index (χ1n) is 6.79. The molecule has 0 radical (unpaired) electrons. The fraction of sp³-hybridized carbons (Fsp3) is 0.250. The van der Waals surface area contributed by atoms with Crippen molar-refractivity contribution in [2.45, 2.75) is 17.7 Å². The largest absolute Gasteiger partial charge is 0.497 e. The maximum absolute atomic E-state index is 12.0. The second-order valence-corrected chi connectivity index (χ2v) is 6.43. The average molecular weight is 305 g/mol. The van der Waals surface area contributed by atoms with Gasteiger partial charge in [0.25, 0.3) is 0 Å². The van der Waals surface area contributed by atoms with Crippen LogP contribution in [-0.2, 0) is 16.4 Å². The quantitative estimate of drug-likeness (QED) is 0.800. The smallest absolute Gasteiger partial charge is 0.240 e. The molecule has 0 aliphatic rings. The third kappa shape index (κ3) is 4.58. The highest BCUT2D eigenvalue weighted by molar-refractivity contribution is 7.89. The second-order valence-electron chi connectivity index (χ2n) is 4.66. The van der Waals surface area contributed by atoms with Crippen molar-refractivity contribution < 1.29 is 13.2 Å². The van der Waals surface area contributed by atoms with Crippen LogP contribution in [0.25, 0.3) is 0 Å². The van der Waals surface area contributed by atoms with E-state index >= 15 is 0 Å². The predicted molar refractivity (Wildman–Crippen MR) is 82.9 cm³/mol. The first kappa shape index (κ1) is 15.5. The number of hydrogen-bond donors (Lipinski definition) is 1. The summed E-state index contributed by atoms with van der Waals surface area (Å²) in [7, 11) is -1.76. The standard InChI is InChI=1S/C16H19NO3S/c1-20-15-11-9-14(10-12-15)6-5-13-17-21(18,19)16-7-3-2-4-8-16/h2-4,7-12,17H,5-6,13H2,1H3. The maximum Gasteiger partial charge on any atom is 0.240 e. The summed E-state index contributed by atoms with van der Waals surface area (Å²) in [5, 5.41) is 0. The van der Waals surface area contributed by atoms with Crippen LogP contribution < -0.4 is 9.46 Å². The summed E-state index contributed by atoms with van der Waals surface area (Å²) in [4.78, 5) is 0.300. The summed E-state index contributed by atoms with van der Waals surface area (Å²) in [6.07, 6.45) is 1.57. The van der Waals surface area contributed by atoms with Gasteiger partial charge in [-0.2, -0.15) is 0 Å². The van der Waals surface area contributed by atoms with Crippen LogP contribution in [0.15, 0.2) is 59.5 Å². The van der Waals surface area contributed by atoms with Gasteiger partial charge in [-0.3, -0.25) is 0 Å². The molecule has 0 unspecified atom stereocenters. The van der Waals surface area contributed by atoms with Gasteiger partial charge in [-0.1, -0.05) is 30.3 Å². The molecule has 1 N–H and O–H groups in total. The van der Waals surface area contributed by atoms with Crippen molar-refractivity contribution in [2.24, 2.45) is 0 Å². The van der Waals surface area contributed by atoms with Crippen LogP contribution in [0.4, 0.5) is 0 Å². The van der Waals surface area contributed by atoms with E-state index in [1.54, 1.807) is 37.4 Å². The number of methoxy groups -OCH3 is 1. The highest BCUT2D eigenvalue weighted by atomic mass is 32.2. The van der Waals surface area contributed by atoms with Gasteiger partial charge in [0.15, 0.2) is 0 Å². The van der Waals surface area contributed by atoms with Gasteiger partial charge in [0.1, 0.15) is 5.75 Å². The summed E-state index contributed by atoms with van der Waals surface area (Å²) >= 11 is 0. The minimum Gasteiger partial charge on any atom is -0.497 e. The monoisotopic (exact) mass is 305 g/mol. The molecule has 0 amide bonds. The summed E-state index contributed by atoms with van der Waals surface area (Å²) < 4.78 is 31.7. The zero-order chi connectivity index (χ0) is 15.1. The molecule has 0 aliphatic heterocycles. The third-order valence-electron chi connectivity index (χ3n) is 3.15. The molecular weight excluding hydrogens is 286 g/mol. The van der Waals surface area contributed by atoms with Crippen molar-refractivity contribution in [3.8, 4) is 5.75 Å². The van der Waals surface area contributed by atoms with Gasteiger partial charge < -0.3 is 4.74 Å². The Labute approximate surface area is 125 Å². The molecule has 0 heterocycles. The van der Waals surface area contributed by atoms with Crippen LogP contribution in [0.2, 0.25) is 0 Å². The lowest BCUT2D eigenvalue weighted by Crippen LogP contribution is -2.25. The minimum absolute atomic E-state index is 0.300. The van der Waals surface area contributed by atoms with Gasteiger partial charge >= 0.3 is 0 Å². The lowest BCUT2D eigenvalue weighted by molar-refractivity contribution is 0.414. The molecule has 2 aromatic rings. The zero-order valence-electron chi connectivity index (χ0n) is 12.0. The van der Waals surface area contributed by atoms with E-state index in [-0.39, 0.29) is 0 Å². The average Bonchev–Trinajstić information content (AvgIpc) is 2.53. The third-order valence-corrected chi connectivity index (χ3v) is 4.62. The highest BCUT2D eigenvalue weighted by Gasteiger charge is 2.11. The molecule has 5 heteroatoms. The molecule has 0 spiro atoms. The Morgan fingerprint density at radius 1 is 1.00 bits per heavy atom. The zero-order valence-corrected chi connectivity index (χ0v) is 12.8. The number of nitrogens with one attached hydrogen (secondary N) is 1. The lowest BCUT2D eigenvalue weighted by Gasteiger charge is -2.07. The van der Waals surface area contributed by atoms with E-state index < -0.39 is 10.0 Å². The molecule has 0 saturated carbocycles. The van der Waals surface area contributed by atoms with E-state index in [0.29, 0.717) is 11.4 Å². The highest BCUT2D eigenvalue weighted by Crippen LogP contribution is 2.12. The Morgan fingerprint density at radius 3 is 2.29 bits per heavy atom. The Balaban J connectivity index is 1.81. The van der Waals surface area contributed by atoms with E-state index in [2.05, 4.69) is 4.72 Å². The molecule has 4 nitrogen and oxygen atoms in total. The van der Waals surface area contributed by atoms with Crippen molar-refractivity contribution in [1.82, 2.24) is 4.72 Å². The second kappa shape index (κ2) is 7.24. The van der Waals surface area contributed by atoms with Crippen LogP contribution in [0, 0.1) is 0 Å². The lowest BCUT2D eigenvalue weighted by atomic mass is 10.1. The molecule has 21 heavy (non-hydrogen) atoms. The topological polar surface area (TPSA) is 55.4 Å². The van der Waals surface area contributed by atoms with Crippen LogP contribution in [-0.4, -0.2) is 22.1 Å². The maximum atomic E-state index is 12.0. The van der Waals surface area contributed by atoms with E-state index in [1.165, 1.54) is 0 Å². The summed E-state index contributed by atoms with van der Waals surface area (Å²) in [5.74, 6) is 0.823. The van der Waals surface area contributed by atoms with Crippen molar-refractivity contribution >= 4 is 10.0 Å². The summed E-state index contributed by atoms with van der Waals surface area (Å²) in [5.41, 5.74) is 1.16. The molecule has 2 aromatic carbocycles.